The molecule has 1 fully saturated rings. The van der Waals surface area contributed by atoms with E-state index in [0.29, 0.717) is 17.2 Å². The lowest BCUT2D eigenvalue weighted by atomic mass is 10.1. The maximum absolute atomic E-state index is 12.0. The molecule has 1 atom stereocenters. The first-order valence-electron chi connectivity index (χ1n) is 6.12. The molecule has 17 heavy (non-hydrogen) atoms. The fraction of sp³-hybridized carbons (Fsp3) is 0.500. The molecule has 2 rings (SSSR count). The molecule has 0 aromatic heterocycles. The quantitative estimate of drug-likeness (QED) is 0.820. The number of nitrogens with zero attached hydrogens (tertiary/aromatic N) is 1. The Hall–Kier alpha value is -1.14. The second-order valence-corrected chi connectivity index (χ2v) is 6.22. The number of nitriles is 1. The van der Waals surface area contributed by atoms with E-state index in [1.54, 1.807) is 6.07 Å². The number of rotatable bonds is 4. The van der Waals surface area contributed by atoms with Crippen LogP contribution in [0.4, 0.5) is 0 Å². The minimum Gasteiger partial charge on any atom is -0.259 e. The third-order valence-corrected chi connectivity index (χ3v) is 4.78. The van der Waals surface area contributed by atoms with E-state index >= 15 is 0 Å². The predicted molar refractivity (Wildman–Crippen MR) is 69.8 cm³/mol. The monoisotopic (exact) mass is 247 g/mol. The SMILES string of the molecule is N#Cc1cccc(CS(=O)CC2CCCC2)c1. The molecule has 0 heterocycles. The van der Waals surface area contributed by atoms with Crippen LogP contribution in [-0.4, -0.2) is 9.96 Å². The van der Waals surface area contributed by atoms with Crippen molar-refractivity contribution < 1.29 is 4.21 Å². The van der Waals surface area contributed by atoms with E-state index in [2.05, 4.69) is 6.07 Å². The van der Waals surface area contributed by atoms with E-state index in [0.717, 1.165) is 11.3 Å². The van der Waals surface area contributed by atoms with Crippen molar-refractivity contribution in [2.24, 2.45) is 5.92 Å². The van der Waals surface area contributed by atoms with Gasteiger partial charge in [0, 0.05) is 22.3 Å². The normalized spacial score (nSPS) is 17.8. The Morgan fingerprint density at radius 1 is 1.35 bits per heavy atom. The van der Waals surface area contributed by atoms with Gasteiger partial charge in [0.25, 0.3) is 0 Å². The molecule has 2 nitrogen and oxygen atoms in total. The van der Waals surface area contributed by atoms with Crippen LogP contribution in [0.3, 0.4) is 0 Å². The predicted octanol–water partition coefficient (Wildman–Crippen LogP) is 3.00. The van der Waals surface area contributed by atoms with Crippen molar-refractivity contribution in [3.8, 4) is 6.07 Å². The van der Waals surface area contributed by atoms with Gasteiger partial charge in [-0.2, -0.15) is 5.26 Å². The summed E-state index contributed by atoms with van der Waals surface area (Å²) >= 11 is 0. The van der Waals surface area contributed by atoms with Gasteiger partial charge in [-0.25, -0.2) is 0 Å². The van der Waals surface area contributed by atoms with Crippen molar-refractivity contribution in [2.75, 3.05) is 5.75 Å². The third kappa shape index (κ3) is 3.67. The van der Waals surface area contributed by atoms with Gasteiger partial charge in [0.1, 0.15) is 0 Å². The molecule has 1 aromatic rings. The highest BCUT2D eigenvalue weighted by Gasteiger charge is 2.17. The Labute approximate surface area is 105 Å². The molecule has 0 saturated heterocycles. The summed E-state index contributed by atoms with van der Waals surface area (Å²) in [5.74, 6) is 2.08. The van der Waals surface area contributed by atoms with Gasteiger partial charge in [0.2, 0.25) is 0 Å². The summed E-state index contributed by atoms with van der Waals surface area (Å²) in [7, 11) is -0.780. The highest BCUT2D eigenvalue weighted by Crippen LogP contribution is 2.25. The highest BCUT2D eigenvalue weighted by molar-refractivity contribution is 7.84. The Morgan fingerprint density at radius 3 is 2.82 bits per heavy atom. The zero-order chi connectivity index (χ0) is 12.1. The molecule has 1 unspecified atom stereocenters. The van der Waals surface area contributed by atoms with Crippen LogP contribution in [0.2, 0.25) is 0 Å². The lowest BCUT2D eigenvalue weighted by Crippen LogP contribution is -2.09. The second-order valence-electron chi connectivity index (χ2n) is 4.71. The Balaban J connectivity index is 1.91. The first-order valence-corrected chi connectivity index (χ1v) is 7.61. The summed E-state index contributed by atoms with van der Waals surface area (Å²) in [6, 6.07) is 9.55. The Bertz CT molecular complexity index is 444. The zero-order valence-corrected chi connectivity index (χ0v) is 10.7. The maximum Gasteiger partial charge on any atom is 0.0991 e. The largest absolute Gasteiger partial charge is 0.259 e. The number of hydrogen-bond donors (Lipinski definition) is 0. The topological polar surface area (TPSA) is 40.9 Å². The lowest BCUT2D eigenvalue weighted by molar-refractivity contribution is 0.604. The molecule has 1 aliphatic carbocycles. The van der Waals surface area contributed by atoms with Crippen LogP contribution in [-0.2, 0) is 16.6 Å². The van der Waals surface area contributed by atoms with Crippen LogP contribution in [0.25, 0.3) is 0 Å². The van der Waals surface area contributed by atoms with Gasteiger partial charge in [0.15, 0.2) is 0 Å². The van der Waals surface area contributed by atoms with E-state index in [9.17, 15) is 4.21 Å². The Kier molecular flexibility index (Phi) is 4.33. The van der Waals surface area contributed by atoms with Crippen molar-refractivity contribution >= 4 is 10.8 Å². The third-order valence-electron chi connectivity index (χ3n) is 3.28. The Morgan fingerprint density at radius 2 is 2.12 bits per heavy atom. The average molecular weight is 247 g/mol. The molecule has 0 aliphatic heterocycles. The number of hydrogen-bond acceptors (Lipinski definition) is 2. The standard InChI is InChI=1S/C14H17NOS/c15-9-13-6-3-7-14(8-13)11-17(16)10-12-4-1-2-5-12/h3,6-8,12H,1-2,4-5,10-11H2. The molecular formula is C14H17NOS. The molecule has 0 radical (unpaired) electrons. The van der Waals surface area contributed by atoms with E-state index in [1.807, 2.05) is 18.2 Å². The van der Waals surface area contributed by atoms with Gasteiger partial charge in [-0.05, 0) is 36.5 Å². The fourth-order valence-corrected chi connectivity index (χ4v) is 3.94. The minimum absolute atomic E-state index is 0.589. The summed E-state index contributed by atoms with van der Waals surface area (Å²) in [5, 5.41) is 8.80. The van der Waals surface area contributed by atoms with Crippen molar-refractivity contribution in [3.63, 3.8) is 0 Å². The highest BCUT2D eigenvalue weighted by atomic mass is 32.2. The van der Waals surface area contributed by atoms with Crippen molar-refractivity contribution in [1.29, 1.82) is 5.26 Å². The first kappa shape index (κ1) is 12.3. The van der Waals surface area contributed by atoms with Crippen LogP contribution in [0.15, 0.2) is 24.3 Å². The van der Waals surface area contributed by atoms with E-state index in [1.165, 1.54) is 25.7 Å². The molecular weight excluding hydrogens is 230 g/mol. The summed E-state index contributed by atoms with van der Waals surface area (Å²) in [5.41, 5.74) is 1.67. The van der Waals surface area contributed by atoms with Gasteiger partial charge >= 0.3 is 0 Å². The van der Waals surface area contributed by atoms with Gasteiger partial charge in [-0.3, -0.25) is 4.21 Å². The lowest BCUT2D eigenvalue weighted by Gasteiger charge is -2.08. The molecule has 1 aromatic carbocycles. The van der Waals surface area contributed by atoms with Crippen LogP contribution in [0, 0.1) is 17.2 Å². The van der Waals surface area contributed by atoms with Gasteiger partial charge in [0.05, 0.1) is 11.6 Å². The van der Waals surface area contributed by atoms with Gasteiger partial charge in [-0.15, -0.1) is 0 Å². The molecule has 90 valence electrons. The van der Waals surface area contributed by atoms with Gasteiger partial charge in [-0.1, -0.05) is 25.0 Å². The summed E-state index contributed by atoms with van der Waals surface area (Å²) in [4.78, 5) is 0. The van der Waals surface area contributed by atoms with E-state index < -0.39 is 10.8 Å². The van der Waals surface area contributed by atoms with Crippen LogP contribution < -0.4 is 0 Å². The molecule has 3 heteroatoms. The summed E-state index contributed by atoms with van der Waals surface area (Å²) < 4.78 is 12.0. The molecule has 0 amide bonds. The van der Waals surface area contributed by atoms with Crippen LogP contribution >= 0.6 is 0 Å². The molecule has 1 aliphatic rings. The van der Waals surface area contributed by atoms with Crippen LogP contribution in [0.1, 0.15) is 36.8 Å². The zero-order valence-electron chi connectivity index (χ0n) is 9.89. The van der Waals surface area contributed by atoms with Crippen LogP contribution in [0.5, 0.6) is 0 Å². The molecule has 0 N–H and O–H groups in total. The smallest absolute Gasteiger partial charge is 0.0991 e. The van der Waals surface area contributed by atoms with Crippen molar-refractivity contribution in [1.82, 2.24) is 0 Å². The summed E-state index contributed by atoms with van der Waals surface area (Å²) in [6.45, 7) is 0. The minimum atomic E-state index is -0.780. The molecule has 0 spiro atoms. The van der Waals surface area contributed by atoms with Gasteiger partial charge < -0.3 is 0 Å². The summed E-state index contributed by atoms with van der Waals surface area (Å²) in [6.07, 6.45) is 5.07. The second kappa shape index (κ2) is 5.97. The fourth-order valence-electron chi connectivity index (χ4n) is 2.42. The first-order chi connectivity index (χ1) is 8.28. The van der Waals surface area contributed by atoms with Crippen molar-refractivity contribution in [3.05, 3.63) is 35.4 Å². The average Bonchev–Trinajstić information content (AvgIpc) is 2.82. The molecule has 0 bridgehead atoms. The van der Waals surface area contributed by atoms with E-state index in [-0.39, 0.29) is 0 Å². The number of benzene rings is 1. The molecule has 1 saturated carbocycles. The maximum atomic E-state index is 12.0. The van der Waals surface area contributed by atoms with E-state index in [4.69, 9.17) is 5.26 Å². The van der Waals surface area contributed by atoms with Crippen molar-refractivity contribution in [2.45, 2.75) is 31.4 Å².